The van der Waals surface area contributed by atoms with Gasteiger partial charge in [-0.3, -0.25) is 9.59 Å². The molecule has 1 aromatic carbocycles. The molecule has 2 rings (SSSR count). The van der Waals surface area contributed by atoms with Gasteiger partial charge >= 0.3 is 0 Å². The van der Waals surface area contributed by atoms with Crippen LogP contribution in [0.5, 0.6) is 5.75 Å². The maximum absolute atomic E-state index is 11.9. The van der Waals surface area contributed by atoms with Crippen LogP contribution in [0.25, 0.3) is 11.5 Å². The summed E-state index contributed by atoms with van der Waals surface area (Å²) in [6, 6.07) is 7.11. The highest BCUT2D eigenvalue weighted by atomic mass is 16.5. The molecule has 10 nitrogen and oxygen atoms in total. The Morgan fingerprint density at radius 2 is 1.62 bits per heavy atom. The molecule has 0 fully saturated rings. The van der Waals surface area contributed by atoms with Gasteiger partial charge in [0, 0.05) is 31.0 Å². The molecule has 0 spiro atoms. The first-order chi connectivity index (χ1) is 16.3. The average Bonchev–Trinajstić information content (AvgIpc) is 3.31. The van der Waals surface area contributed by atoms with Crippen LogP contribution in [-0.2, 0) is 19.1 Å². The third-order valence-corrected chi connectivity index (χ3v) is 4.53. The zero-order valence-electron chi connectivity index (χ0n) is 20.5. The Hall–Kier alpha value is -2.98. The van der Waals surface area contributed by atoms with E-state index in [1.54, 1.807) is 24.3 Å². The molecule has 34 heavy (non-hydrogen) atoms. The standard InChI is InChI=1S/C24H36N4O6/c1-17(2)15-26-21(29)9-11-31-13-14-32-12-10-25-22(30)16-33-20-7-5-19(6-8-20)24-28-27-23(34-24)18(3)4/h5-8,17-18H,9-16H2,1-4H3,(H,25,30)(H,26,29). The third-order valence-electron chi connectivity index (χ3n) is 4.53. The van der Waals surface area contributed by atoms with E-state index in [9.17, 15) is 9.59 Å². The monoisotopic (exact) mass is 476 g/mol. The molecule has 0 atom stereocenters. The second kappa shape index (κ2) is 15.0. The van der Waals surface area contributed by atoms with E-state index in [1.807, 2.05) is 27.7 Å². The molecule has 1 aromatic heterocycles. The molecular weight excluding hydrogens is 440 g/mol. The number of hydrogen-bond acceptors (Lipinski definition) is 8. The van der Waals surface area contributed by atoms with Crippen LogP contribution in [0.4, 0.5) is 0 Å². The second-order valence-electron chi connectivity index (χ2n) is 8.44. The first kappa shape index (κ1) is 27.3. The average molecular weight is 477 g/mol. The summed E-state index contributed by atoms with van der Waals surface area (Å²) in [5.41, 5.74) is 0.784. The fraction of sp³-hybridized carbons (Fsp3) is 0.583. The van der Waals surface area contributed by atoms with E-state index >= 15 is 0 Å². The van der Waals surface area contributed by atoms with Crippen LogP contribution in [0.1, 0.15) is 45.9 Å². The predicted octanol–water partition coefficient (Wildman–Crippen LogP) is 2.55. The minimum atomic E-state index is -0.241. The summed E-state index contributed by atoms with van der Waals surface area (Å²) in [4.78, 5) is 23.5. The number of hydrogen-bond donors (Lipinski definition) is 2. The minimum Gasteiger partial charge on any atom is -0.484 e. The number of aromatic nitrogens is 2. The van der Waals surface area contributed by atoms with Gasteiger partial charge in [0.1, 0.15) is 5.75 Å². The molecule has 0 saturated carbocycles. The van der Waals surface area contributed by atoms with E-state index in [-0.39, 0.29) is 24.3 Å². The van der Waals surface area contributed by atoms with Crippen molar-refractivity contribution in [2.45, 2.75) is 40.0 Å². The summed E-state index contributed by atoms with van der Waals surface area (Å²) in [5, 5.41) is 13.6. The highest BCUT2D eigenvalue weighted by Gasteiger charge is 2.11. The number of nitrogens with one attached hydrogen (secondary N) is 2. The highest BCUT2D eigenvalue weighted by molar-refractivity contribution is 5.77. The Kier molecular flexibility index (Phi) is 12.0. The van der Waals surface area contributed by atoms with Crippen molar-refractivity contribution in [1.29, 1.82) is 0 Å². The molecule has 0 aliphatic rings. The first-order valence-electron chi connectivity index (χ1n) is 11.6. The normalized spacial score (nSPS) is 11.1. The molecule has 188 valence electrons. The Bertz CT molecular complexity index is 867. The molecule has 10 heteroatoms. The van der Waals surface area contributed by atoms with Gasteiger partial charge in [-0.25, -0.2) is 0 Å². The van der Waals surface area contributed by atoms with Crippen molar-refractivity contribution in [3.63, 3.8) is 0 Å². The quantitative estimate of drug-likeness (QED) is 0.354. The van der Waals surface area contributed by atoms with Crippen molar-refractivity contribution < 1.29 is 28.2 Å². The van der Waals surface area contributed by atoms with Gasteiger partial charge in [0.25, 0.3) is 5.91 Å². The van der Waals surface area contributed by atoms with E-state index in [0.717, 1.165) is 5.56 Å². The molecule has 0 unspecified atom stereocenters. The van der Waals surface area contributed by atoms with Crippen LogP contribution in [-0.4, -0.2) is 68.1 Å². The maximum atomic E-state index is 11.9. The zero-order chi connectivity index (χ0) is 24.8. The van der Waals surface area contributed by atoms with Gasteiger partial charge in [0.2, 0.25) is 17.7 Å². The van der Waals surface area contributed by atoms with E-state index in [2.05, 4.69) is 20.8 Å². The summed E-state index contributed by atoms with van der Waals surface area (Å²) < 4.78 is 21.9. The Labute approximate surface area is 200 Å². The Morgan fingerprint density at radius 1 is 0.912 bits per heavy atom. The predicted molar refractivity (Wildman–Crippen MR) is 126 cm³/mol. The smallest absolute Gasteiger partial charge is 0.258 e. The number of nitrogens with zero attached hydrogens (tertiary/aromatic N) is 2. The van der Waals surface area contributed by atoms with Crippen LogP contribution >= 0.6 is 0 Å². The van der Waals surface area contributed by atoms with Crippen molar-refractivity contribution in [2.75, 3.05) is 46.1 Å². The van der Waals surface area contributed by atoms with Crippen LogP contribution < -0.4 is 15.4 Å². The second-order valence-corrected chi connectivity index (χ2v) is 8.44. The minimum absolute atomic E-state index is 0.0115. The van der Waals surface area contributed by atoms with Gasteiger partial charge < -0.3 is 29.3 Å². The molecule has 0 radical (unpaired) electrons. The number of ether oxygens (including phenoxy) is 3. The van der Waals surface area contributed by atoms with Crippen molar-refractivity contribution in [1.82, 2.24) is 20.8 Å². The molecule has 2 amide bonds. The van der Waals surface area contributed by atoms with E-state index in [0.29, 0.717) is 69.4 Å². The molecule has 2 N–H and O–H groups in total. The van der Waals surface area contributed by atoms with Crippen LogP contribution in [0, 0.1) is 5.92 Å². The number of rotatable bonds is 16. The van der Waals surface area contributed by atoms with Gasteiger partial charge in [-0.1, -0.05) is 27.7 Å². The van der Waals surface area contributed by atoms with Crippen LogP contribution in [0.2, 0.25) is 0 Å². The lowest BCUT2D eigenvalue weighted by Gasteiger charge is -2.09. The summed E-state index contributed by atoms with van der Waals surface area (Å²) in [7, 11) is 0. The number of amides is 2. The molecular formula is C24H36N4O6. The van der Waals surface area contributed by atoms with Crippen molar-refractivity contribution >= 4 is 11.8 Å². The third kappa shape index (κ3) is 10.8. The summed E-state index contributed by atoms with van der Waals surface area (Å²) in [6.07, 6.45) is 0.335. The van der Waals surface area contributed by atoms with E-state index < -0.39 is 0 Å². The number of carbonyl (C=O) groups is 2. The molecule has 0 saturated heterocycles. The molecule has 0 bridgehead atoms. The lowest BCUT2D eigenvalue weighted by Crippen LogP contribution is -2.32. The van der Waals surface area contributed by atoms with Gasteiger partial charge in [0.15, 0.2) is 6.61 Å². The van der Waals surface area contributed by atoms with Gasteiger partial charge in [-0.15, -0.1) is 10.2 Å². The van der Waals surface area contributed by atoms with Gasteiger partial charge in [-0.2, -0.15) is 0 Å². The van der Waals surface area contributed by atoms with Crippen LogP contribution in [0.3, 0.4) is 0 Å². The Morgan fingerprint density at radius 3 is 2.26 bits per heavy atom. The maximum Gasteiger partial charge on any atom is 0.258 e. The van der Waals surface area contributed by atoms with Gasteiger partial charge in [0.05, 0.1) is 26.4 Å². The largest absolute Gasteiger partial charge is 0.484 e. The molecule has 0 aliphatic heterocycles. The van der Waals surface area contributed by atoms with E-state index in [4.69, 9.17) is 18.6 Å². The summed E-state index contributed by atoms with van der Waals surface area (Å²) in [5.74, 6) is 1.95. The number of carbonyl (C=O) groups excluding carboxylic acids is 2. The topological polar surface area (TPSA) is 125 Å². The van der Waals surface area contributed by atoms with Gasteiger partial charge in [-0.05, 0) is 30.2 Å². The van der Waals surface area contributed by atoms with Crippen LogP contribution in [0.15, 0.2) is 28.7 Å². The summed E-state index contributed by atoms with van der Waals surface area (Å²) >= 11 is 0. The van der Waals surface area contributed by atoms with Crippen molar-refractivity contribution in [3.8, 4) is 17.2 Å². The Balaban J connectivity index is 1.50. The lowest BCUT2D eigenvalue weighted by molar-refractivity contribution is -0.123. The summed E-state index contributed by atoms with van der Waals surface area (Å²) in [6.45, 7) is 10.5. The van der Waals surface area contributed by atoms with Crippen molar-refractivity contribution in [3.05, 3.63) is 30.2 Å². The zero-order valence-corrected chi connectivity index (χ0v) is 20.5. The number of benzene rings is 1. The van der Waals surface area contributed by atoms with Crippen molar-refractivity contribution in [2.24, 2.45) is 5.92 Å². The molecule has 2 aromatic rings. The fourth-order valence-electron chi connectivity index (χ4n) is 2.63. The molecule has 0 aliphatic carbocycles. The lowest BCUT2D eigenvalue weighted by atomic mass is 10.2. The highest BCUT2D eigenvalue weighted by Crippen LogP contribution is 2.23. The van der Waals surface area contributed by atoms with E-state index in [1.165, 1.54) is 0 Å². The first-order valence-corrected chi connectivity index (χ1v) is 11.6. The fourth-order valence-corrected chi connectivity index (χ4v) is 2.63. The SMILES string of the molecule is CC(C)CNC(=O)CCOCCOCCNC(=O)COc1ccc(-c2nnc(C(C)C)o2)cc1. The molecule has 1 heterocycles.